The molecule has 1 heterocycles. The predicted octanol–water partition coefficient (Wildman–Crippen LogP) is 3.99. The SMILES string of the molecule is Cc1nc(Br)ccc1NC(=O)Cc1ccc(Cl)cc1. The molecule has 0 fully saturated rings. The summed E-state index contributed by atoms with van der Waals surface area (Å²) in [5.41, 5.74) is 2.42. The van der Waals surface area contributed by atoms with Crippen LogP contribution < -0.4 is 5.32 Å². The number of hydrogen-bond donors (Lipinski definition) is 1. The van der Waals surface area contributed by atoms with Gasteiger partial charge in [-0.2, -0.15) is 0 Å². The van der Waals surface area contributed by atoms with Crippen LogP contribution in [0.4, 0.5) is 5.69 Å². The van der Waals surface area contributed by atoms with Crippen molar-refractivity contribution in [2.75, 3.05) is 5.32 Å². The van der Waals surface area contributed by atoms with E-state index in [2.05, 4.69) is 26.2 Å². The summed E-state index contributed by atoms with van der Waals surface area (Å²) >= 11 is 9.09. The third-order valence-electron chi connectivity index (χ3n) is 2.60. The van der Waals surface area contributed by atoms with Gasteiger partial charge in [-0.25, -0.2) is 4.98 Å². The van der Waals surface area contributed by atoms with Gasteiger partial charge in [0.05, 0.1) is 17.8 Å². The highest BCUT2D eigenvalue weighted by Crippen LogP contribution is 2.17. The van der Waals surface area contributed by atoms with Crippen LogP contribution in [0.1, 0.15) is 11.3 Å². The quantitative estimate of drug-likeness (QED) is 0.859. The van der Waals surface area contributed by atoms with Gasteiger partial charge in [-0.3, -0.25) is 4.79 Å². The van der Waals surface area contributed by atoms with E-state index in [1.807, 2.05) is 25.1 Å². The third-order valence-corrected chi connectivity index (χ3v) is 3.30. The van der Waals surface area contributed by atoms with Gasteiger partial charge >= 0.3 is 0 Å². The lowest BCUT2D eigenvalue weighted by Gasteiger charge is -2.08. The minimum Gasteiger partial charge on any atom is -0.324 e. The number of amides is 1. The highest BCUT2D eigenvalue weighted by atomic mass is 79.9. The average molecular weight is 340 g/mol. The number of nitrogens with zero attached hydrogens (tertiary/aromatic N) is 1. The number of aromatic nitrogens is 1. The number of anilines is 1. The Labute approximate surface area is 125 Å². The number of carbonyl (C=O) groups excluding carboxylic acids is 1. The summed E-state index contributed by atoms with van der Waals surface area (Å²) in [5.74, 6) is -0.0745. The van der Waals surface area contributed by atoms with Gasteiger partial charge < -0.3 is 5.32 Å². The molecule has 2 aromatic rings. The van der Waals surface area contributed by atoms with E-state index in [1.165, 1.54) is 0 Å². The second-order valence-electron chi connectivity index (χ2n) is 4.12. The molecule has 0 bridgehead atoms. The largest absolute Gasteiger partial charge is 0.324 e. The van der Waals surface area contributed by atoms with Crippen LogP contribution in [-0.4, -0.2) is 10.9 Å². The topological polar surface area (TPSA) is 42.0 Å². The molecule has 0 atom stereocenters. The second kappa shape index (κ2) is 6.17. The van der Waals surface area contributed by atoms with Crippen molar-refractivity contribution in [2.24, 2.45) is 0 Å². The maximum Gasteiger partial charge on any atom is 0.228 e. The second-order valence-corrected chi connectivity index (χ2v) is 5.37. The van der Waals surface area contributed by atoms with Gasteiger partial charge in [-0.05, 0) is 52.7 Å². The van der Waals surface area contributed by atoms with Gasteiger partial charge in [0.15, 0.2) is 0 Å². The molecule has 0 aliphatic rings. The van der Waals surface area contributed by atoms with Crippen LogP contribution in [-0.2, 0) is 11.2 Å². The molecule has 1 amide bonds. The van der Waals surface area contributed by atoms with E-state index in [4.69, 9.17) is 11.6 Å². The maximum absolute atomic E-state index is 11.9. The summed E-state index contributed by atoms with van der Waals surface area (Å²) in [6.07, 6.45) is 0.312. The van der Waals surface area contributed by atoms with E-state index in [9.17, 15) is 4.79 Å². The van der Waals surface area contributed by atoms with Gasteiger partial charge in [0, 0.05) is 5.02 Å². The molecule has 0 aliphatic carbocycles. The first-order valence-corrected chi connectivity index (χ1v) is 6.89. The molecule has 5 heteroatoms. The minimum atomic E-state index is -0.0745. The molecule has 1 aromatic heterocycles. The Morgan fingerprint density at radius 1 is 1.26 bits per heavy atom. The number of carbonyl (C=O) groups is 1. The van der Waals surface area contributed by atoms with Crippen LogP contribution in [0.3, 0.4) is 0 Å². The molecule has 19 heavy (non-hydrogen) atoms. The van der Waals surface area contributed by atoms with E-state index in [0.717, 1.165) is 21.5 Å². The Morgan fingerprint density at radius 2 is 1.95 bits per heavy atom. The molecule has 98 valence electrons. The average Bonchev–Trinajstić information content (AvgIpc) is 2.36. The molecule has 1 N–H and O–H groups in total. The van der Waals surface area contributed by atoms with E-state index < -0.39 is 0 Å². The van der Waals surface area contributed by atoms with Gasteiger partial charge in [0.1, 0.15) is 4.60 Å². The van der Waals surface area contributed by atoms with Crippen molar-refractivity contribution in [3.63, 3.8) is 0 Å². The molecule has 0 unspecified atom stereocenters. The van der Waals surface area contributed by atoms with Crippen LogP contribution >= 0.6 is 27.5 Å². The highest BCUT2D eigenvalue weighted by molar-refractivity contribution is 9.10. The Bertz CT molecular complexity index is 599. The monoisotopic (exact) mass is 338 g/mol. The summed E-state index contributed by atoms with van der Waals surface area (Å²) < 4.78 is 0.751. The van der Waals surface area contributed by atoms with E-state index in [0.29, 0.717) is 11.4 Å². The van der Waals surface area contributed by atoms with Crippen molar-refractivity contribution in [1.29, 1.82) is 0 Å². The fraction of sp³-hybridized carbons (Fsp3) is 0.143. The lowest BCUT2D eigenvalue weighted by Crippen LogP contribution is -2.15. The Kier molecular flexibility index (Phi) is 4.56. The van der Waals surface area contributed by atoms with Crippen molar-refractivity contribution >= 4 is 39.1 Å². The number of nitrogens with one attached hydrogen (secondary N) is 1. The third kappa shape index (κ3) is 4.04. The first kappa shape index (κ1) is 14.0. The summed E-state index contributed by atoms with van der Waals surface area (Å²) in [4.78, 5) is 16.2. The molecule has 0 spiro atoms. The van der Waals surface area contributed by atoms with Crippen molar-refractivity contribution in [2.45, 2.75) is 13.3 Å². The smallest absolute Gasteiger partial charge is 0.228 e. The van der Waals surface area contributed by atoms with Gasteiger partial charge in [-0.15, -0.1) is 0 Å². The Balaban J connectivity index is 2.03. The van der Waals surface area contributed by atoms with Crippen LogP contribution in [0.15, 0.2) is 41.0 Å². The van der Waals surface area contributed by atoms with Gasteiger partial charge in [-0.1, -0.05) is 23.7 Å². The van der Waals surface area contributed by atoms with Gasteiger partial charge in [0.25, 0.3) is 0 Å². The molecule has 0 aliphatic heterocycles. The maximum atomic E-state index is 11.9. The van der Waals surface area contributed by atoms with Crippen LogP contribution in [0.5, 0.6) is 0 Å². The lowest BCUT2D eigenvalue weighted by atomic mass is 10.1. The fourth-order valence-electron chi connectivity index (χ4n) is 1.64. The number of benzene rings is 1. The first-order chi connectivity index (χ1) is 9.04. The molecular weight excluding hydrogens is 328 g/mol. The van der Waals surface area contributed by atoms with Crippen molar-refractivity contribution < 1.29 is 4.79 Å². The molecule has 0 saturated carbocycles. The zero-order chi connectivity index (χ0) is 13.8. The first-order valence-electron chi connectivity index (χ1n) is 5.72. The van der Waals surface area contributed by atoms with Crippen molar-refractivity contribution in [3.05, 3.63) is 57.3 Å². The van der Waals surface area contributed by atoms with Crippen molar-refractivity contribution in [1.82, 2.24) is 4.98 Å². The van der Waals surface area contributed by atoms with E-state index in [-0.39, 0.29) is 5.91 Å². The number of pyridine rings is 1. The van der Waals surface area contributed by atoms with E-state index >= 15 is 0 Å². The molecule has 0 saturated heterocycles. The van der Waals surface area contributed by atoms with Crippen molar-refractivity contribution in [3.8, 4) is 0 Å². The van der Waals surface area contributed by atoms with Crippen LogP contribution in [0, 0.1) is 6.92 Å². The zero-order valence-corrected chi connectivity index (χ0v) is 12.6. The molecule has 3 nitrogen and oxygen atoms in total. The van der Waals surface area contributed by atoms with Gasteiger partial charge in [0.2, 0.25) is 5.91 Å². The Hall–Kier alpha value is -1.39. The summed E-state index contributed by atoms with van der Waals surface area (Å²) in [6.45, 7) is 1.85. The zero-order valence-electron chi connectivity index (χ0n) is 10.3. The number of aryl methyl sites for hydroxylation is 1. The number of halogens is 2. The number of rotatable bonds is 3. The predicted molar refractivity (Wildman–Crippen MR) is 80.5 cm³/mol. The Morgan fingerprint density at radius 3 is 2.58 bits per heavy atom. The van der Waals surface area contributed by atoms with Crippen LogP contribution in [0.25, 0.3) is 0 Å². The highest BCUT2D eigenvalue weighted by Gasteiger charge is 2.07. The normalized spacial score (nSPS) is 10.3. The fourth-order valence-corrected chi connectivity index (χ4v) is 2.17. The van der Waals surface area contributed by atoms with E-state index in [1.54, 1.807) is 18.2 Å². The molecular formula is C14H12BrClN2O. The van der Waals surface area contributed by atoms with Crippen LogP contribution in [0.2, 0.25) is 5.02 Å². The summed E-state index contributed by atoms with van der Waals surface area (Å²) in [6, 6.07) is 10.9. The number of hydrogen-bond acceptors (Lipinski definition) is 2. The summed E-state index contributed by atoms with van der Waals surface area (Å²) in [7, 11) is 0. The lowest BCUT2D eigenvalue weighted by molar-refractivity contribution is -0.115. The summed E-state index contributed by atoms with van der Waals surface area (Å²) in [5, 5.41) is 3.51. The molecule has 1 aromatic carbocycles. The standard InChI is InChI=1S/C14H12BrClN2O/c1-9-12(6-7-13(15)17-9)18-14(19)8-10-2-4-11(16)5-3-10/h2-7H,8H2,1H3,(H,18,19). The minimum absolute atomic E-state index is 0.0745. The molecule has 2 rings (SSSR count). The molecule has 0 radical (unpaired) electrons.